The Morgan fingerprint density at radius 3 is 2.63 bits per heavy atom. The van der Waals surface area contributed by atoms with E-state index >= 15 is 0 Å². The number of nitrogens with zero attached hydrogens (tertiary/aromatic N) is 3. The molecule has 0 aliphatic carbocycles. The van der Waals surface area contributed by atoms with Gasteiger partial charge in [-0.25, -0.2) is 4.79 Å². The SMILES string of the molecule is C[C@@]1(O)CC2(CCN(C(=O)[C@@H](N)CCC(=O)O)CC2)OC[C@H]1n1ccc(N)nc1=O. The summed E-state index contributed by atoms with van der Waals surface area (Å²) < 4.78 is 7.47. The highest BCUT2D eigenvalue weighted by molar-refractivity contribution is 5.82. The van der Waals surface area contributed by atoms with Crippen molar-refractivity contribution in [3.05, 3.63) is 22.7 Å². The van der Waals surface area contributed by atoms with E-state index in [-0.39, 0.29) is 31.2 Å². The Bertz CT molecular complexity index is 861. The van der Waals surface area contributed by atoms with Gasteiger partial charge in [-0.3, -0.25) is 14.2 Å². The minimum atomic E-state index is -1.22. The number of ether oxygens (including phenoxy) is 1. The fraction of sp³-hybridized carbons (Fsp3) is 0.684. The van der Waals surface area contributed by atoms with Gasteiger partial charge in [0.05, 0.1) is 29.9 Å². The molecule has 1 aromatic rings. The standard InChI is InChI=1S/C19H29N5O6/c1-18(29)11-19(30-10-13(18)24-7-4-14(21)22-17(24)28)5-8-23(9-6-19)16(27)12(20)2-3-15(25)26/h4,7,12-13,29H,2-3,5-6,8-11,20H2,1H3,(H,25,26)(H2,21,22,28)/t12-,13+,18+/m0/s1. The van der Waals surface area contributed by atoms with E-state index < -0.39 is 34.9 Å². The van der Waals surface area contributed by atoms with E-state index in [9.17, 15) is 19.5 Å². The predicted octanol–water partition coefficient (Wildman–Crippen LogP) is -0.909. The average Bonchev–Trinajstić information content (AvgIpc) is 2.66. The molecule has 1 amide bonds. The molecule has 3 heterocycles. The number of nitrogens with two attached hydrogens (primary N) is 2. The topological polar surface area (TPSA) is 174 Å². The number of aliphatic carboxylic acids is 1. The van der Waals surface area contributed by atoms with Gasteiger partial charge in [-0.05, 0) is 32.3 Å². The molecule has 3 rings (SSSR count). The Hall–Kier alpha value is -2.50. The lowest BCUT2D eigenvalue weighted by Crippen LogP contribution is -2.59. The highest BCUT2D eigenvalue weighted by Crippen LogP contribution is 2.43. The van der Waals surface area contributed by atoms with E-state index in [2.05, 4.69) is 4.98 Å². The number of amides is 1. The van der Waals surface area contributed by atoms with E-state index in [1.165, 1.54) is 16.8 Å². The van der Waals surface area contributed by atoms with Crippen molar-refractivity contribution in [2.24, 2.45) is 5.73 Å². The van der Waals surface area contributed by atoms with Crippen molar-refractivity contribution < 1.29 is 24.5 Å². The Morgan fingerprint density at radius 2 is 2.07 bits per heavy atom. The van der Waals surface area contributed by atoms with Gasteiger partial charge in [-0.2, -0.15) is 4.98 Å². The Kier molecular flexibility index (Phi) is 6.16. The number of aliphatic hydroxyl groups is 1. The van der Waals surface area contributed by atoms with Crippen molar-refractivity contribution in [3.63, 3.8) is 0 Å². The number of carbonyl (C=O) groups is 2. The number of carbonyl (C=O) groups excluding carboxylic acids is 1. The molecule has 6 N–H and O–H groups in total. The van der Waals surface area contributed by atoms with Gasteiger partial charge < -0.3 is 31.3 Å². The van der Waals surface area contributed by atoms with Crippen LogP contribution in [0.3, 0.4) is 0 Å². The lowest BCUT2D eigenvalue weighted by molar-refractivity contribution is -0.198. The number of piperidine rings is 1. The molecule has 2 aliphatic heterocycles. The highest BCUT2D eigenvalue weighted by atomic mass is 16.5. The molecular formula is C19H29N5O6. The van der Waals surface area contributed by atoms with Crippen molar-refractivity contribution >= 4 is 17.7 Å². The molecule has 0 unspecified atom stereocenters. The van der Waals surface area contributed by atoms with Crippen LogP contribution >= 0.6 is 0 Å². The fourth-order valence-electron chi connectivity index (χ4n) is 4.39. The molecule has 2 saturated heterocycles. The van der Waals surface area contributed by atoms with E-state index in [0.29, 0.717) is 32.4 Å². The third-order valence-corrected chi connectivity index (χ3v) is 6.11. The molecule has 0 saturated carbocycles. The van der Waals surface area contributed by atoms with Gasteiger partial charge in [0.15, 0.2) is 0 Å². The molecule has 2 fully saturated rings. The molecule has 1 spiro atoms. The number of rotatable bonds is 5. The summed E-state index contributed by atoms with van der Waals surface area (Å²) in [6.07, 6.45) is 2.77. The second-order valence-electron chi connectivity index (χ2n) is 8.45. The number of hydrogen-bond acceptors (Lipinski definition) is 8. The molecule has 0 radical (unpaired) electrons. The first-order valence-corrected chi connectivity index (χ1v) is 10.0. The van der Waals surface area contributed by atoms with Crippen LogP contribution in [-0.2, 0) is 14.3 Å². The molecule has 0 bridgehead atoms. The van der Waals surface area contributed by atoms with Crippen molar-refractivity contribution in [1.82, 2.24) is 14.5 Å². The summed E-state index contributed by atoms with van der Waals surface area (Å²) in [4.78, 5) is 40.7. The van der Waals surface area contributed by atoms with Gasteiger partial charge >= 0.3 is 11.7 Å². The summed E-state index contributed by atoms with van der Waals surface area (Å²) in [5.41, 5.74) is 9.02. The number of hydrogen-bond donors (Lipinski definition) is 4. The van der Waals surface area contributed by atoms with Gasteiger partial charge in [-0.1, -0.05) is 0 Å². The zero-order valence-electron chi connectivity index (χ0n) is 17.0. The number of nitrogen functional groups attached to an aromatic ring is 1. The van der Waals surface area contributed by atoms with Crippen LogP contribution in [-0.4, -0.2) is 73.5 Å². The fourth-order valence-corrected chi connectivity index (χ4v) is 4.39. The van der Waals surface area contributed by atoms with E-state index in [1.807, 2.05) is 0 Å². The maximum atomic E-state index is 12.5. The van der Waals surface area contributed by atoms with Crippen molar-refractivity contribution in [2.75, 3.05) is 25.4 Å². The van der Waals surface area contributed by atoms with Gasteiger partial charge in [-0.15, -0.1) is 0 Å². The van der Waals surface area contributed by atoms with Crippen LogP contribution in [0.2, 0.25) is 0 Å². The average molecular weight is 423 g/mol. The van der Waals surface area contributed by atoms with E-state index in [4.69, 9.17) is 21.3 Å². The zero-order valence-corrected chi connectivity index (χ0v) is 17.0. The zero-order chi connectivity index (χ0) is 22.1. The number of carboxylic acids is 1. The van der Waals surface area contributed by atoms with Crippen LogP contribution in [0.4, 0.5) is 5.82 Å². The Morgan fingerprint density at radius 1 is 1.40 bits per heavy atom. The summed E-state index contributed by atoms with van der Waals surface area (Å²) >= 11 is 0. The van der Waals surface area contributed by atoms with E-state index in [1.54, 1.807) is 11.8 Å². The molecule has 1 aromatic heterocycles. The first kappa shape index (κ1) is 22.2. The number of aromatic nitrogens is 2. The normalized spacial score (nSPS) is 27.0. The Labute approximate surface area is 173 Å². The van der Waals surface area contributed by atoms with Crippen LogP contribution in [0.1, 0.15) is 45.1 Å². The molecule has 2 aliphatic rings. The van der Waals surface area contributed by atoms with Crippen molar-refractivity contribution in [2.45, 2.75) is 62.3 Å². The maximum absolute atomic E-state index is 12.5. The van der Waals surface area contributed by atoms with Gasteiger partial charge in [0, 0.05) is 32.1 Å². The third kappa shape index (κ3) is 4.63. The largest absolute Gasteiger partial charge is 0.481 e. The summed E-state index contributed by atoms with van der Waals surface area (Å²) in [7, 11) is 0. The second kappa shape index (κ2) is 8.32. The summed E-state index contributed by atoms with van der Waals surface area (Å²) in [6, 6.07) is 0.0483. The van der Waals surface area contributed by atoms with Crippen molar-refractivity contribution in [3.8, 4) is 0 Å². The number of anilines is 1. The minimum Gasteiger partial charge on any atom is -0.481 e. The number of carboxylic acid groups (broad SMARTS) is 1. The van der Waals surface area contributed by atoms with E-state index in [0.717, 1.165) is 0 Å². The first-order chi connectivity index (χ1) is 14.0. The van der Waals surface area contributed by atoms with Gasteiger partial charge in [0.2, 0.25) is 5.91 Å². The maximum Gasteiger partial charge on any atom is 0.349 e. The lowest BCUT2D eigenvalue weighted by atomic mass is 9.75. The smallest absolute Gasteiger partial charge is 0.349 e. The van der Waals surface area contributed by atoms with Gasteiger partial charge in [0.25, 0.3) is 0 Å². The molecule has 11 heteroatoms. The van der Waals surface area contributed by atoms with Gasteiger partial charge in [0.1, 0.15) is 5.82 Å². The van der Waals surface area contributed by atoms with Crippen LogP contribution in [0.5, 0.6) is 0 Å². The van der Waals surface area contributed by atoms with Crippen LogP contribution in [0, 0.1) is 0 Å². The number of likely N-dealkylation sites (tertiary alicyclic amines) is 1. The molecule has 0 aromatic carbocycles. The molecule has 30 heavy (non-hydrogen) atoms. The molecule has 3 atom stereocenters. The monoisotopic (exact) mass is 423 g/mol. The minimum absolute atomic E-state index is 0.0904. The first-order valence-electron chi connectivity index (χ1n) is 10.0. The van der Waals surface area contributed by atoms with Crippen LogP contribution < -0.4 is 17.2 Å². The predicted molar refractivity (Wildman–Crippen MR) is 107 cm³/mol. The quantitative estimate of drug-likeness (QED) is 0.467. The molecular weight excluding hydrogens is 394 g/mol. The lowest BCUT2D eigenvalue weighted by Gasteiger charge is -2.51. The summed E-state index contributed by atoms with van der Waals surface area (Å²) in [5, 5.41) is 19.9. The van der Waals surface area contributed by atoms with Crippen LogP contribution in [0.25, 0.3) is 0 Å². The third-order valence-electron chi connectivity index (χ3n) is 6.11. The molecule has 11 nitrogen and oxygen atoms in total. The second-order valence-corrected chi connectivity index (χ2v) is 8.45. The molecule has 166 valence electrons. The Balaban J connectivity index is 1.63. The van der Waals surface area contributed by atoms with Crippen molar-refractivity contribution in [1.29, 1.82) is 0 Å². The summed E-state index contributed by atoms with van der Waals surface area (Å²) in [5.74, 6) is -1.15. The summed E-state index contributed by atoms with van der Waals surface area (Å²) in [6.45, 7) is 2.61. The van der Waals surface area contributed by atoms with Crippen LogP contribution in [0.15, 0.2) is 17.1 Å². The highest BCUT2D eigenvalue weighted by Gasteiger charge is 2.50.